The van der Waals surface area contributed by atoms with Crippen LogP contribution in [0.15, 0.2) is 42.5 Å². The fraction of sp³-hybridized carbons (Fsp3) is 0.278. The zero-order valence-corrected chi connectivity index (χ0v) is 12.8. The Labute approximate surface area is 130 Å². The first kappa shape index (κ1) is 13.2. The summed E-state index contributed by atoms with van der Waals surface area (Å²) in [7, 11) is 2.09. The Kier molecular flexibility index (Phi) is 3.03. The predicted octanol–water partition coefficient (Wildman–Crippen LogP) is 3.11. The first-order valence-corrected chi connectivity index (χ1v) is 7.76. The second-order valence-electron chi connectivity index (χ2n) is 5.95. The van der Waals surface area contributed by atoms with Crippen molar-refractivity contribution in [1.29, 1.82) is 0 Å². The van der Waals surface area contributed by atoms with E-state index in [1.54, 1.807) is 0 Å². The van der Waals surface area contributed by atoms with Gasteiger partial charge in [0.15, 0.2) is 0 Å². The van der Waals surface area contributed by atoms with E-state index in [9.17, 15) is 0 Å². The summed E-state index contributed by atoms with van der Waals surface area (Å²) >= 11 is 0. The SMILES string of the molecule is Cn1c(CN2CCCc3c(N)cccc32)nc2ccccc21. The van der Waals surface area contributed by atoms with Gasteiger partial charge in [0.2, 0.25) is 0 Å². The zero-order chi connectivity index (χ0) is 15.1. The number of benzene rings is 2. The number of nitrogen functional groups attached to an aromatic ring is 1. The lowest BCUT2D eigenvalue weighted by Gasteiger charge is -2.31. The van der Waals surface area contributed by atoms with E-state index < -0.39 is 0 Å². The third-order valence-corrected chi connectivity index (χ3v) is 4.60. The van der Waals surface area contributed by atoms with Gasteiger partial charge in [-0.2, -0.15) is 0 Å². The van der Waals surface area contributed by atoms with Crippen LogP contribution >= 0.6 is 0 Å². The molecule has 3 aromatic rings. The Morgan fingerprint density at radius 2 is 2.00 bits per heavy atom. The van der Waals surface area contributed by atoms with Gasteiger partial charge in [-0.25, -0.2) is 4.98 Å². The molecular weight excluding hydrogens is 272 g/mol. The predicted molar refractivity (Wildman–Crippen MR) is 90.9 cm³/mol. The molecule has 0 saturated carbocycles. The third kappa shape index (κ3) is 2.03. The Bertz CT molecular complexity index is 834. The summed E-state index contributed by atoms with van der Waals surface area (Å²) in [6.45, 7) is 1.88. The van der Waals surface area contributed by atoms with Crippen LogP contribution in [0.2, 0.25) is 0 Å². The van der Waals surface area contributed by atoms with E-state index in [1.807, 2.05) is 18.2 Å². The van der Waals surface area contributed by atoms with Crippen LogP contribution in [0.1, 0.15) is 17.8 Å². The summed E-state index contributed by atoms with van der Waals surface area (Å²) in [5, 5.41) is 0. The number of para-hydroxylation sites is 2. The molecule has 2 N–H and O–H groups in total. The monoisotopic (exact) mass is 292 g/mol. The summed E-state index contributed by atoms with van der Waals surface area (Å²) in [5.74, 6) is 1.09. The van der Waals surface area contributed by atoms with Crippen LogP contribution < -0.4 is 10.6 Å². The van der Waals surface area contributed by atoms with Crippen molar-refractivity contribution in [1.82, 2.24) is 9.55 Å². The average Bonchev–Trinajstić information content (AvgIpc) is 2.85. The Morgan fingerprint density at radius 1 is 1.14 bits per heavy atom. The van der Waals surface area contributed by atoms with Gasteiger partial charge < -0.3 is 15.2 Å². The standard InChI is InChI=1S/C18H20N4/c1-21-17-9-3-2-8-15(17)20-18(21)12-22-11-5-6-13-14(19)7-4-10-16(13)22/h2-4,7-10H,5-6,11-12,19H2,1H3. The van der Waals surface area contributed by atoms with Gasteiger partial charge in [-0.3, -0.25) is 0 Å². The Morgan fingerprint density at radius 3 is 2.86 bits per heavy atom. The number of hydrogen-bond donors (Lipinski definition) is 1. The number of nitrogens with two attached hydrogens (primary N) is 1. The minimum atomic E-state index is 0.821. The van der Waals surface area contributed by atoms with Crippen LogP contribution in [0.4, 0.5) is 11.4 Å². The van der Waals surface area contributed by atoms with Crippen molar-refractivity contribution < 1.29 is 0 Å². The average molecular weight is 292 g/mol. The molecule has 1 aliphatic heterocycles. The molecule has 0 unspecified atom stereocenters. The molecule has 1 aromatic heterocycles. The maximum atomic E-state index is 6.14. The molecule has 0 aliphatic carbocycles. The Balaban J connectivity index is 1.72. The molecule has 0 spiro atoms. The Hall–Kier alpha value is -2.49. The van der Waals surface area contributed by atoms with Gasteiger partial charge in [-0.05, 0) is 42.7 Å². The van der Waals surface area contributed by atoms with Gasteiger partial charge >= 0.3 is 0 Å². The summed E-state index contributed by atoms with van der Waals surface area (Å²) in [6.07, 6.45) is 2.21. The number of hydrogen-bond acceptors (Lipinski definition) is 3. The maximum absolute atomic E-state index is 6.14. The third-order valence-electron chi connectivity index (χ3n) is 4.60. The molecule has 2 aromatic carbocycles. The van der Waals surface area contributed by atoms with Crippen LogP contribution in [-0.2, 0) is 20.0 Å². The zero-order valence-electron chi connectivity index (χ0n) is 12.8. The van der Waals surface area contributed by atoms with E-state index in [1.165, 1.54) is 16.8 Å². The van der Waals surface area contributed by atoms with Gasteiger partial charge in [-0.15, -0.1) is 0 Å². The summed E-state index contributed by atoms with van der Waals surface area (Å²) in [4.78, 5) is 7.19. The van der Waals surface area contributed by atoms with Crippen molar-refractivity contribution in [2.75, 3.05) is 17.2 Å². The van der Waals surface area contributed by atoms with Crippen LogP contribution in [0.25, 0.3) is 11.0 Å². The topological polar surface area (TPSA) is 47.1 Å². The van der Waals surface area contributed by atoms with E-state index in [-0.39, 0.29) is 0 Å². The molecule has 0 radical (unpaired) electrons. The lowest BCUT2D eigenvalue weighted by molar-refractivity contribution is 0.662. The molecule has 2 heterocycles. The number of imidazole rings is 1. The molecule has 0 atom stereocenters. The fourth-order valence-corrected chi connectivity index (χ4v) is 3.40. The summed E-state index contributed by atoms with van der Waals surface area (Å²) in [5.41, 5.74) is 11.8. The molecule has 4 nitrogen and oxygen atoms in total. The van der Waals surface area contributed by atoms with Crippen molar-refractivity contribution in [3.05, 3.63) is 53.9 Å². The number of rotatable bonds is 2. The number of aryl methyl sites for hydroxylation is 1. The van der Waals surface area contributed by atoms with Crippen LogP contribution in [0.3, 0.4) is 0 Å². The van der Waals surface area contributed by atoms with E-state index in [0.717, 1.165) is 43.0 Å². The highest BCUT2D eigenvalue weighted by Gasteiger charge is 2.20. The van der Waals surface area contributed by atoms with Crippen molar-refractivity contribution in [2.45, 2.75) is 19.4 Å². The quantitative estimate of drug-likeness (QED) is 0.738. The van der Waals surface area contributed by atoms with E-state index >= 15 is 0 Å². The lowest BCUT2D eigenvalue weighted by atomic mass is 10.00. The van der Waals surface area contributed by atoms with Gasteiger partial charge in [0.25, 0.3) is 0 Å². The van der Waals surface area contributed by atoms with Gasteiger partial charge in [0, 0.05) is 25.0 Å². The molecule has 4 heteroatoms. The van der Waals surface area contributed by atoms with E-state index in [2.05, 4.69) is 40.8 Å². The van der Waals surface area contributed by atoms with Gasteiger partial charge in [0.05, 0.1) is 17.6 Å². The number of nitrogens with zero attached hydrogens (tertiary/aromatic N) is 3. The molecule has 1 aliphatic rings. The van der Waals surface area contributed by atoms with Crippen LogP contribution in [-0.4, -0.2) is 16.1 Å². The van der Waals surface area contributed by atoms with Crippen molar-refractivity contribution in [2.24, 2.45) is 7.05 Å². The van der Waals surface area contributed by atoms with Gasteiger partial charge in [-0.1, -0.05) is 18.2 Å². The lowest BCUT2D eigenvalue weighted by Crippen LogP contribution is -2.30. The molecule has 4 rings (SSSR count). The fourth-order valence-electron chi connectivity index (χ4n) is 3.40. The van der Waals surface area contributed by atoms with Crippen LogP contribution in [0, 0.1) is 0 Å². The smallest absolute Gasteiger partial charge is 0.129 e. The first-order valence-electron chi connectivity index (χ1n) is 7.76. The maximum Gasteiger partial charge on any atom is 0.129 e. The largest absolute Gasteiger partial charge is 0.398 e. The second-order valence-corrected chi connectivity index (χ2v) is 5.95. The highest BCUT2D eigenvalue weighted by Crippen LogP contribution is 2.32. The van der Waals surface area contributed by atoms with E-state index in [0.29, 0.717) is 0 Å². The minimum absolute atomic E-state index is 0.821. The minimum Gasteiger partial charge on any atom is -0.398 e. The highest BCUT2D eigenvalue weighted by atomic mass is 15.2. The van der Waals surface area contributed by atoms with Crippen molar-refractivity contribution in [3.63, 3.8) is 0 Å². The van der Waals surface area contributed by atoms with Crippen molar-refractivity contribution >= 4 is 22.4 Å². The molecule has 0 fully saturated rings. The highest BCUT2D eigenvalue weighted by molar-refractivity contribution is 5.76. The number of fused-ring (bicyclic) bond motifs is 2. The molecule has 0 saturated heterocycles. The normalized spacial score (nSPS) is 14.3. The second kappa shape index (κ2) is 5.05. The molecule has 112 valence electrons. The molecular formula is C18H20N4. The molecule has 0 amide bonds. The first-order chi connectivity index (χ1) is 10.7. The van der Waals surface area contributed by atoms with Crippen LogP contribution in [0.5, 0.6) is 0 Å². The van der Waals surface area contributed by atoms with Crippen molar-refractivity contribution in [3.8, 4) is 0 Å². The number of aromatic nitrogens is 2. The van der Waals surface area contributed by atoms with Gasteiger partial charge in [0.1, 0.15) is 5.82 Å². The summed E-state index contributed by atoms with van der Waals surface area (Å²) < 4.78 is 2.19. The molecule has 22 heavy (non-hydrogen) atoms. The van der Waals surface area contributed by atoms with E-state index in [4.69, 9.17) is 10.7 Å². The molecule has 0 bridgehead atoms. The summed E-state index contributed by atoms with van der Waals surface area (Å²) in [6, 6.07) is 14.5. The number of anilines is 2.